The average Bonchev–Trinajstić information content (AvgIpc) is 3.24. The molecular formula is C18H21N3O4. The number of H-pyrrole nitrogens is 1. The quantitative estimate of drug-likeness (QED) is 0.779. The Hall–Kier alpha value is -3.01. The number of carbonyl (C=O) groups excluding carboxylic acids is 2. The molecule has 0 fully saturated rings. The Morgan fingerprint density at radius 3 is 2.76 bits per heavy atom. The number of amides is 1. The van der Waals surface area contributed by atoms with Crippen LogP contribution in [0.2, 0.25) is 0 Å². The minimum atomic E-state index is -0.473. The SMILES string of the molecule is CCc1[nH]c(C(=O)N(CCC#N)Cc2ccco2)c(C)c1C(=O)OC. The second kappa shape index (κ2) is 8.20. The third-order valence-electron chi connectivity index (χ3n) is 3.99. The number of methoxy groups -OCH3 is 1. The average molecular weight is 343 g/mol. The van der Waals surface area contributed by atoms with Gasteiger partial charge in [0.2, 0.25) is 0 Å². The van der Waals surface area contributed by atoms with Crippen LogP contribution in [0.4, 0.5) is 0 Å². The van der Waals surface area contributed by atoms with Crippen LogP contribution in [-0.4, -0.2) is 35.4 Å². The monoisotopic (exact) mass is 343 g/mol. The molecule has 2 rings (SSSR count). The van der Waals surface area contributed by atoms with Gasteiger partial charge >= 0.3 is 5.97 Å². The van der Waals surface area contributed by atoms with E-state index in [1.165, 1.54) is 18.3 Å². The van der Waals surface area contributed by atoms with Crippen molar-refractivity contribution in [3.05, 3.63) is 46.7 Å². The summed E-state index contributed by atoms with van der Waals surface area (Å²) in [6.45, 7) is 4.12. The highest BCUT2D eigenvalue weighted by Gasteiger charge is 2.26. The zero-order chi connectivity index (χ0) is 18.4. The molecule has 0 saturated carbocycles. The zero-order valence-corrected chi connectivity index (χ0v) is 14.6. The van der Waals surface area contributed by atoms with E-state index in [2.05, 4.69) is 4.98 Å². The molecule has 0 aromatic carbocycles. The van der Waals surface area contributed by atoms with Crippen LogP contribution in [0.3, 0.4) is 0 Å². The van der Waals surface area contributed by atoms with Crippen molar-refractivity contribution in [3.8, 4) is 6.07 Å². The summed E-state index contributed by atoms with van der Waals surface area (Å²) in [6.07, 6.45) is 2.30. The Morgan fingerprint density at radius 1 is 1.44 bits per heavy atom. The van der Waals surface area contributed by atoms with Crippen LogP contribution in [-0.2, 0) is 17.7 Å². The summed E-state index contributed by atoms with van der Waals surface area (Å²) >= 11 is 0. The lowest BCUT2D eigenvalue weighted by molar-refractivity contribution is 0.0599. The van der Waals surface area contributed by atoms with Gasteiger partial charge in [-0.1, -0.05) is 6.92 Å². The maximum absolute atomic E-state index is 13.0. The van der Waals surface area contributed by atoms with Gasteiger partial charge in [-0.2, -0.15) is 5.26 Å². The standard InChI is InChI=1S/C18H21N3O4/c1-4-14-15(18(23)24-3)12(2)16(20-14)17(22)21(9-6-8-19)11-13-7-5-10-25-13/h5,7,10,20H,4,6,9,11H2,1-3H3. The van der Waals surface area contributed by atoms with Gasteiger partial charge in [0, 0.05) is 12.2 Å². The maximum Gasteiger partial charge on any atom is 0.339 e. The molecule has 0 atom stereocenters. The number of esters is 1. The number of hydrogen-bond acceptors (Lipinski definition) is 5. The fourth-order valence-electron chi connectivity index (χ4n) is 2.70. The minimum Gasteiger partial charge on any atom is -0.467 e. The Morgan fingerprint density at radius 2 is 2.20 bits per heavy atom. The molecule has 7 nitrogen and oxygen atoms in total. The molecule has 0 aliphatic rings. The molecule has 25 heavy (non-hydrogen) atoms. The van der Waals surface area contributed by atoms with Crippen LogP contribution in [0.25, 0.3) is 0 Å². The lowest BCUT2D eigenvalue weighted by Crippen LogP contribution is -2.32. The highest BCUT2D eigenvalue weighted by atomic mass is 16.5. The van der Waals surface area contributed by atoms with E-state index in [1.54, 1.807) is 19.1 Å². The summed E-state index contributed by atoms with van der Waals surface area (Å²) < 4.78 is 10.1. The van der Waals surface area contributed by atoms with E-state index in [0.29, 0.717) is 34.7 Å². The second-order valence-corrected chi connectivity index (χ2v) is 5.54. The minimum absolute atomic E-state index is 0.205. The summed E-state index contributed by atoms with van der Waals surface area (Å²) in [7, 11) is 1.31. The van der Waals surface area contributed by atoms with Crippen molar-refractivity contribution in [1.82, 2.24) is 9.88 Å². The molecule has 2 heterocycles. The fraction of sp³-hybridized carbons (Fsp3) is 0.389. The number of rotatable bonds is 7. The first-order chi connectivity index (χ1) is 12.0. The van der Waals surface area contributed by atoms with Gasteiger partial charge in [-0.05, 0) is 31.0 Å². The molecule has 0 radical (unpaired) electrons. The number of nitrogens with one attached hydrogen (secondary N) is 1. The van der Waals surface area contributed by atoms with Gasteiger partial charge in [-0.25, -0.2) is 4.79 Å². The molecule has 2 aromatic heterocycles. The first kappa shape index (κ1) is 18.3. The van der Waals surface area contributed by atoms with Crippen LogP contribution < -0.4 is 0 Å². The summed E-state index contributed by atoms with van der Waals surface area (Å²) in [6, 6.07) is 5.56. The van der Waals surface area contributed by atoms with Crippen molar-refractivity contribution >= 4 is 11.9 Å². The second-order valence-electron chi connectivity index (χ2n) is 5.54. The van der Waals surface area contributed by atoms with Crippen molar-refractivity contribution in [3.63, 3.8) is 0 Å². The first-order valence-corrected chi connectivity index (χ1v) is 8.01. The first-order valence-electron chi connectivity index (χ1n) is 8.01. The van der Waals surface area contributed by atoms with E-state index in [9.17, 15) is 9.59 Å². The van der Waals surface area contributed by atoms with Gasteiger partial charge in [0.05, 0.1) is 38.0 Å². The number of nitrogens with zero attached hydrogens (tertiary/aromatic N) is 2. The van der Waals surface area contributed by atoms with Gasteiger partial charge in [-0.3, -0.25) is 4.79 Å². The third kappa shape index (κ3) is 3.91. The van der Waals surface area contributed by atoms with Crippen molar-refractivity contribution in [2.24, 2.45) is 0 Å². The normalized spacial score (nSPS) is 10.3. The van der Waals surface area contributed by atoms with E-state index in [4.69, 9.17) is 14.4 Å². The number of furan rings is 1. The Kier molecular flexibility index (Phi) is 6.01. The number of hydrogen-bond donors (Lipinski definition) is 1. The van der Waals surface area contributed by atoms with E-state index >= 15 is 0 Å². The molecular weight excluding hydrogens is 322 g/mol. The van der Waals surface area contributed by atoms with Crippen LogP contribution >= 0.6 is 0 Å². The van der Waals surface area contributed by atoms with Gasteiger partial charge in [0.15, 0.2) is 0 Å². The van der Waals surface area contributed by atoms with Crippen molar-refractivity contribution in [2.75, 3.05) is 13.7 Å². The summed E-state index contributed by atoms with van der Waals surface area (Å²) in [5, 5.41) is 8.86. The fourth-order valence-corrected chi connectivity index (χ4v) is 2.70. The lowest BCUT2D eigenvalue weighted by atomic mass is 10.1. The molecule has 0 unspecified atom stereocenters. The molecule has 0 aliphatic carbocycles. The van der Waals surface area contributed by atoms with Gasteiger partial charge in [-0.15, -0.1) is 0 Å². The van der Waals surface area contributed by atoms with Crippen LogP contribution in [0.15, 0.2) is 22.8 Å². The molecule has 1 N–H and O–H groups in total. The zero-order valence-electron chi connectivity index (χ0n) is 14.6. The highest BCUT2D eigenvalue weighted by molar-refractivity contribution is 6.00. The summed E-state index contributed by atoms with van der Waals surface area (Å²) in [4.78, 5) is 29.6. The number of ether oxygens (including phenoxy) is 1. The Labute approximate surface area is 146 Å². The number of aryl methyl sites for hydroxylation is 1. The molecule has 132 valence electrons. The number of aromatic amines is 1. The van der Waals surface area contributed by atoms with E-state index in [1.807, 2.05) is 13.0 Å². The Balaban J connectivity index is 2.36. The summed E-state index contributed by atoms with van der Waals surface area (Å²) in [5.74, 6) is -0.132. The number of aromatic nitrogens is 1. The van der Waals surface area contributed by atoms with Gasteiger partial charge < -0.3 is 19.0 Å². The molecule has 0 bridgehead atoms. The molecule has 0 saturated heterocycles. The number of carbonyl (C=O) groups is 2. The topological polar surface area (TPSA) is 99.3 Å². The van der Waals surface area contributed by atoms with E-state index in [0.717, 1.165) is 0 Å². The predicted octanol–water partition coefficient (Wildman–Crippen LogP) is 2.82. The van der Waals surface area contributed by atoms with Gasteiger partial charge in [0.25, 0.3) is 5.91 Å². The van der Waals surface area contributed by atoms with Gasteiger partial charge in [0.1, 0.15) is 11.5 Å². The molecule has 1 amide bonds. The Bertz CT molecular complexity index is 784. The third-order valence-corrected chi connectivity index (χ3v) is 3.99. The molecule has 7 heteroatoms. The summed E-state index contributed by atoms with van der Waals surface area (Å²) in [5.41, 5.74) is 1.94. The van der Waals surface area contributed by atoms with Crippen LogP contribution in [0, 0.1) is 18.3 Å². The van der Waals surface area contributed by atoms with Crippen molar-refractivity contribution in [2.45, 2.75) is 33.2 Å². The smallest absolute Gasteiger partial charge is 0.339 e. The van der Waals surface area contributed by atoms with Crippen LogP contribution in [0.1, 0.15) is 51.2 Å². The molecule has 2 aromatic rings. The molecule has 0 aliphatic heterocycles. The predicted molar refractivity (Wildman–Crippen MR) is 89.9 cm³/mol. The largest absolute Gasteiger partial charge is 0.467 e. The van der Waals surface area contributed by atoms with Crippen molar-refractivity contribution < 1.29 is 18.7 Å². The molecule has 0 spiro atoms. The lowest BCUT2D eigenvalue weighted by Gasteiger charge is -2.20. The van der Waals surface area contributed by atoms with E-state index in [-0.39, 0.29) is 25.4 Å². The maximum atomic E-state index is 13.0. The van der Waals surface area contributed by atoms with Crippen LogP contribution in [0.5, 0.6) is 0 Å². The number of nitriles is 1. The highest BCUT2D eigenvalue weighted by Crippen LogP contribution is 2.22. The van der Waals surface area contributed by atoms with Crippen molar-refractivity contribution in [1.29, 1.82) is 5.26 Å². The van der Waals surface area contributed by atoms with E-state index < -0.39 is 5.97 Å².